The normalized spacial score (nSPS) is 14.5. The largest absolute Gasteiger partial charge is 0.456 e. The molecule has 0 rings (SSSR count). The molecule has 0 aromatic heterocycles. The second-order valence-electron chi connectivity index (χ2n) is 8.63. The van der Waals surface area contributed by atoms with E-state index in [9.17, 15) is 67.1 Å². The molecule has 0 aromatic rings. The second kappa shape index (κ2) is 17.1. The lowest BCUT2D eigenvalue weighted by Gasteiger charge is -2.34. The van der Waals surface area contributed by atoms with Gasteiger partial charge in [0.25, 0.3) is 5.85 Å². The van der Waals surface area contributed by atoms with Crippen molar-refractivity contribution in [2.24, 2.45) is 0 Å². The maximum atomic E-state index is 15.2. The maximum absolute atomic E-state index is 15.2. The summed E-state index contributed by atoms with van der Waals surface area (Å²) in [5, 5.41) is 0. The Bertz CT molecular complexity index is 1100. The topological polar surface area (TPSA) is 116 Å². The summed E-state index contributed by atoms with van der Waals surface area (Å²) in [5.41, 5.74) is 0. The number of hydrogen-bond donors (Lipinski definition) is 0. The van der Waals surface area contributed by atoms with Crippen LogP contribution in [0, 0.1) is 0 Å². The summed E-state index contributed by atoms with van der Waals surface area (Å²) in [6.07, 6.45) is -17.4. The van der Waals surface area contributed by atoms with Crippen LogP contribution < -0.4 is 0 Å². The smallest absolute Gasteiger partial charge is 0.425 e. The molecule has 23 heteroatoms. The number of carbonyl (C=O) groups excluding carboxylic acids is 3. The van der Waals surface area contributed by atoms with E-state index in [-0.39, 0.29) is 12.2 Å². The number of halogens is 13. The highest BCUT2D eigenvalue weighted by Gasteiger charge is 2.65. The lowest BCUT2D eigenvalue weighted by Crippen LogP contribution is -2.55. The first-order chi connectivity index (χ1) is 21.2. The first-order valence-electron chi connectivity index (χ1n) is 12.1. The van der Waals surface area contributed by atoms with Gasteiger partial charge in [-0.1, -0.05) is 19.7 Å². The molecule has 0 aliphatic carbocycles. The summed E-state index contributed by atoms with van der Waals surface area (Å²) in [4.78, 5) is 32.6. The Balaban J connectivity index is 5.69. The Morgan fingerprint density at radius 3 is 1.23 bits per heavy atom. The van der Waals surface area contributed by atoms with Gasteiger partial charge in [-0.05, 0) is 6.42 Å². The number of rotatable bonds is 24. The van der Waals surface area contributed by atoms with Gasteiger partial charge in [0.1, 0.15) is 13.2 Å². The molecule has 1 unspecified atom stereocenters. The van der Waals surface area contributed by atoms with E-state index in [0.717, 1.165) is 0 Å². The number of esters is 3. The zero-order chi connectivity index (χ0) is 37.0. The van der Waals surface area contributed by atoms with Crippen LogP contribution in [0.15, 0.2) is 38.0 Å². The Hall–Kier alpha value is -3.44. The van der Waals surface area contributed by atoms with E-state index in [1.165, 1.54) is 0 Å². The summed E-state index contributed by atoms with van der Waals surface area (Å²) in [6.45, 7) is -6.35. The molecule has 0 bridgehead atoms. The highest BCUT2D eigenvalue weighted by molar-refractivity contribution is 5.81. The fourth-order valence-electron chi connectivity index (χ4n) is 2.31. The van der Waals surface area contributed by atoms with Crippen molar-refractivity contribution in [1.82, 2.24) is 0 Å². The third-order valence-electron chi connectivity index (χ3n) is 4.78. The van der Waals surface area contributed by atoms with Crippen LogP contribution in [-0.2, 0) is 47.5 Å². The van der Waals surface area contributed by atoms with Gasteiger partial charge >= 0.3 is 54.0 Å². The summed E-state index contributed by atoms with van der Waals surface area (Å²) < 4.78 is 207. The van der Waals surface area contributed by atoms with E-state index in [1.54, 1.807) is 0 Å². The monoisotopic (exact) mass is 720 g/mol. The molecular weight excluding hydrogens is 695 g/mol. The number of alkyl halides is 13. The van der Waals surface area contributed by atoms with Gasteiger partial charge in [0.05, 0.1) is 6.61 Å². The summed E-state index contributed by atoms with van der Waals surface area (Å²) in [5.74, 6) is -25.9. The molecule has 0 saturated carbocycles. The summed E-state index contributed by atoms with van der Waals surface area (Å²) >= 11 is 0. The number of hydrogen-bond acceptors (Lipinski definition) is 10. The van der Waals surface area contributed by atoms with Crippen LogP contribution in [0.25, 0.3) is 0 Å². The van der Waals surface area contributed by atoms with Gasteiger partial charge in [-0.2, -0.15) is 52.7 Å². The lowest BCUT2D eigenvalue weighted by molar-refractivity contribution is -0.432. The van der Waals surface area contributed by atoms with Gasteiger partial charge in [0.15, 0.2) is 19.8 Å². The van der Waals surface area contributed by atoms with Gasteiger partial charge in [-0.25, -0.2) is 18.8 Å². The minimum absolute atomic E-state index is 0.239. The van der Waals surface area contributed by atoms with Crippen molar-refractivity contribution in [1.29, 1.82) is 0 Å². The van der Waals surface area contributed by atoms with Gasteiger partial charge in [0, 0.05) is 24.8 Å². The molecule has 0 spiro atoms. The highest BCUT2D eigenvalue weighted by atomic mass is 19.3. The standard InChI is InChI=1S/C24H25F13O10/c1-4-15(38)42-12-19(26,27)22(32,33)45-9-7-8-41-10-18(25,47-24(36,37)21(30,31)14-44-17(40)6-3)11-46-23(34,35)20(28,29)13-43-16(39)5-2/h4-6H,1-3,7-14H2. The third-order valence-corrected chi connectivity index (χ3v) is 4.78. The van der Waals surface area contributed by atoms with Crippen molar-refractivity contribution in [2.45, 2.75) is 48.4 Å². The van der Waals surface area contributed by atoms with E-state index in [4.69, 9.17) is 0 Å². The van der Waals surface area contributed by atoms with Crippen molar-refractivity contribution < 1.29 is 105 Å². The van der Waals surface area contributed by atoms with E-state index in [0.29, 0.717) is 6.08 Å². The Labute approximate surface area is 255 Å². The van der Waals surface area contributed by atoms with Crippen LogP contribution in [0.3, 0.4) is 0 Å². The molecule has 0 aromatic carbocycles. The fourth-order valence-corrected chi connectivity index (χ4v) is 2.31. The summed E-state index contributed by atoms with van der Waals surface area (Å²) in [7, 11) is 0. The van der Waals surface area contributed by atoms with Crippen molar-refractivity contribution >= 4 is 17.9 Å². The predicted molar refractivity (Wildman–Crippen MR) is 125 cm³/mol. The minimum atomic E-state index is -6.11. The molecule has 0 amide bonds. The van der Waals surface area contributed by atoms with Gasteiger partial charge in [-0.3, -0.25) is 4.74 Å². The van der Waals surface area contributed by atoms with E-state index < -0.39 is 113 Å². The first-order valence-corrected chi connectivity index (χ1v) is 12.1. The molecule has 0 fully saturated rings. The zero-order valence-electron chi connectivity index (χ0n) is 23.5. The third kappa shape index (κ3) is 13.7. The predicted octanol–water partition coefficient (Wildman–Crippen LogP) is 4.98. The molecule has 0 radical (unpaired) electrons. The van der Waals surface area contributed by atoms with Crippen molar-refractivity contribution in [3.63, 3.8) is 0 Å². The average Bonchev–Trinajstić information content (AvgIpc) is 2.97. The average molecular weight is 720 g/mol. The van der Waals surface area contributed by atoms with Crippen molar-refractivity contribution in [2.75, 3.05) is 46.2 Å². The van der Waals surface area contributed by atoms with E-state index >= 15 is 4.39 Å². The number of carbonyl (C=O) groups is 3. The Morgan fingerprint density at radius 2 is 0.851 bits per heavy atom. The van der Waals surface area contributed by atoms with Crippen LogP contribution in [0.1, 0.15) is 6.42 Å². The van der Waals surface area contributed by atoms with Crippen LogP contribution in [0.4, 0.5) is 57.1 Å². The van der Waals surface area contributed by atoms with Crippen LogP contribution in [0.5, 0.6) is 0 Å². The molecule has 47 heavy (non-hydrogen) atoms. The molecular formula is C24H25F13O10. The maximum Gasteiger partial charge on any atom is 0.425 e. The molecule has 0 aliphatic rings. The van der Waals surface area contributed by atoms with Crippen LogP contribution in [-0.4, -0.2) is 106 Å². The van der Waals surface area contributed by atoms with E-state index in [2.05, 4.69) is 52.9 Å². The molecule has 272 valence electrons. The van der Waals surface area contributed by atoms with Crippen LogP contribution in [0.2, 0.25) is 0 Å². The fraction of sp³-hybridized carbons (Fsp3) is 0.625. The Kier molecular flexibility index (Phi) is 15.9. The Morgan fingerprint density at radius 1 is 0.489 bits per heavy atom. The molecule has 1 atom stereocenters. The SMILES string of the molecule is C=CC(=O)OCC(F)(F)C(F)(F)OCCCOCC(F)(COC(F)(F)C(F)(F)COC(=O)C=C)OC(F)(F)C(F)(F)COC(=O)C=C. The molecule has 0 heterocycles. The van der Waals surface area contributed by atoms with Crippen LogP contribution >= 0.6 is 0 Å². The first kappa shape index (κ1) is 43.6. The van der Waals surface area contributed by atoms with E-state index in [1.807, 2.05) is 0 Å². The minimum Gasteiger partial charge on any atom is -0.456 e. The van der Waals surface area contributed by atoms with Gasteiger partial charge in [0.2, 0.25) is 0 Å². The van der Waals surface area contributed by atoms with Gasteiger partial charge < -0.3 is 28.4 Å². The summed E-state index contributed by atoms with van der Waals surface area (Å²) in [6, 6.07) is 0. The molecule has 0 aliphatic heterocycles. The van der Waals surface area contributed by atoms with Crippen molar-refractivity contribution in [3.05, 3.63) is 38.0 Å². The molecule has 10 nitrogen and oxygen atoms in total. The second-order valence-corrected chi connectivity index (χ2v) is 8.63. The van der Waals surface area contributed by atoms with Crippen molar-refractivity contribution in [3.8, 4) is 0 Å². The molecule has 0 saturated heterocycles. The lowest BCUT2D eigenvalue weighted by atomic mass is 10.3. The molecule has 0 N–H and O–H groups in total. The number of ether oxygens (including phenoxy) is 7. The quantitative estimate of drug-likeness (QED) is 0.0445. The highest BCUT2D eigenvalue weighted by Crippen LogP contribution is 2.42. The van der Waals surface area contributed by atoms with Gasteiger partial charge in [-0.15, -0.1) is 0 Å². The zero-order valence-corrected chi connectivity index (χ0v) is 23.5.